The summed E-state index contributed by atoms with van der Waals surface area (Å²) in [6.45, 7) is 0.765. The van der Waals surface area contributed by atoms with E-state index in [4.69, 9.17) is 37.4 Å². The van der Waals surface area contributed by atoms with E-state index in [9.17, 15) is 28.7 Å². The lowest BCUT2D eigenvalue weighted by molar-refractivity contribution is -0.904. The topological polar surface area (TPSA) is 121 Å². The number of hydrogen-bond acceptors (Lipinski definition) is 9. The third-order valence-corrected chi connectivity index (χ3v) is 12.7. The predicted molar refractivity (Wildman–Crippen MR) is 202 cm³/mol. The maximum atomic E-state index is 13.8. The number of nitrogens with one attached hydrogen (secondary N) is 1. The lowest BCUT2D eigenvalue weighted by Crippen LogP contribution is -2.50. The van der Waals surface area contributed by atoms with Crippen LogP contribution in [0.1, 0.15) is 80.9 Å². The molecule has 1 unspecified atom stereocenters. The number of thiophene rings is 1. The molecule has 2 aromatic carbocycles. The van der Waals surface area contributed by atoms with Crippen LogP contribution in [0.2, 0.25) is 10.0 Å². The van der Waals surface area contributed by atoms with Crippen molar-refractivity contribution in [1.29, 1.82) is 0 Å². The molecule has 4 aromatic rings. The van der Waals surface area contributed by atoms with Gasteiger partial charge < -0.3 is 24.2 Å². The predicted octanol–water partition coefficient (Wildman–Crippen LogP) is 7.90. The molecule has 0 amide bonds. The Balaban J connectivity index is 1.20. The largest absolute Gasteiger partial charge is 0.489 e. The molecule has 10 nitrogen and oxygen atoms in total. The summed E-state index contributed by atoms with van der Waals surface area (Å²) in [6.07, 6.45) is 7.55. The number of aromatic carboxylic acids is 1. The maximum absolute atomic E-state index is 13.8. The third-order valence-electron chi connectivity index (χ3n) is 10.9. The number of nitrogens with zero attached hydrogens (tertiary/aromatic N) is 2. The zero-order valence-electron chi connectivity index (χ0n) is 29.9. The zero-order chi connectivity index (χ0) is 38.7. The number of ether oxygens (including phenoxy) is 3. The van der Waals surface area contributed by atoms with Crippen molar-refractivity contribution < 1.29 is 47.6 Å². The molecule has 292 valence electrons. The van der Waals surface area contributed by atoms with E-state index in [1.807, 2.05) is 30.3 Å². The van der Waals surface area contributed by atoms with Crippen molar-refractivity contribution in [3.8, 4) is 11.5 Å². The van der Waals surface area contributed by atoms with Crippen LogP contribution in [0.5, 0.6) is 11.5 Å². The Morgan fingerprint density at radius 2 is 1.67 bits per heavy atom. The molecule has 1 saturated carbocycles. The summed E-state index contributed by atoms with van der Waals surface area (Å²) < 4.78 is 44.3. The van der Waals surface area contributed by atoms with Crippen molar-refractivity contribution in [2.75, 3.05) is 32.8 Å². The summed E-state index contributed by atoms with van der Waals surface area (Å²) in [7, 11) is 0. The number of piperidine rings is 3. The van der Waals surface area contributed by atoms with Crippen molar-refractivity contribution in [2.45, 2.75) is 63.6 Å². The normalized spacial score (nSPS) is 20.3. The second-order valence-electron chi connectivity index (χ2n) is 14.6. The quantitative estimate of drug-likeness (QED) is 0.0555. The molecule has 4 fully saturated rings. The Morgan fingerprint density at radius 3 is 2.31 bits per heavy atom. The van der Waals surface area contributed by atoms with Gasteiger partial charge in [0, 0.05) is 33.0 Å². The number of pyridine rings is 1. The molecule has 55 heavy (non-hydrogen) atoms. The molecule has 1 aliphatic carbocycles. The van der Waals surface area contributed by atoms with Gasteiger partial charge >= 0.3 is 18.6 Å². The minimum absolute atomic E-state index is 0.00569. The van der Waals surface area contributed by atoms with Gasteiger partial charge in [-0.25, -0.2) is 9.59 Å². The number of carbonyl (C=O) groups excluding carboxylic acids is 1. The van der Waals surface area contributed by atoms with Crippen LogP contribution in [0.25, 0.3) is 0 Å². The van der Waals surface area contributed by atoms with Gasteiger partial charge in [-0.05, 0) is 99.0 Å². The minimum Gasteiger partial charge on any atom is -0.489 e. The number of benzene rings is 2. The highest BCUT2D eigenvalue weighted by atomic mass is 35.5. The van der Waals surface area contributed by atoms with E-state index >= 15 is 0 Å². The highest BCUT2D eigenvalue weighted by Gasteiger charge is 2.41. The van der Waals surface area contributed by atoms with E-state index in [1.54, 1.807) is 18.2 Å². The second-order valence-corrected chi connectivity index (χ2v) is 16.6. The Morgan fingerprint density at radius 1 is 0.982 bits per heavy atom. The SMILES string of the molecule is O=C(O)c1sc(CNC(C(=O)OCC23CCN(CC2)CC3)c2ccccc2)cc1[C@@H](Cc1c(Cl)c[n+](O)cc1Cl)c1ccc(OC(F)F)c(OCC2CC2)c1. The summed E-state index contributed by atoms with van der Waals surface area (Å²) in [5.74, 6) is -2.02. The average molecular weight is 818 g/mol. The first kappa shape index (κ1) is 39.2. The summed E-state index contributed by atoms with van der Waals surface area (Å²) in [5, 5.41) is 24.2. The molecular formula is C40H42Cl2F2N3O7S+. The van der Waals surface area contributed by atoms with E-state index in [-0.39, 0.29) is 44.8 Å². The van der Waals surface area contributed by atoms with Gasteiger partial charge in [-0.2, -0.15) is 8.78 Å². The number of carboxylic acid groups (broad SMARTS) is 1. The van der Waals surface area contributed by atoms with Gasteiger partial charge in [0.2, 0.25) is 12.4 Å². The number of hydrogen-bond donors (Lipinski definition) is 3. The Bertz CT molecular complexity index is 1970. The fourth-order valence-electron chi connectivity index (χ4n) is 7.46. The molecule has 2 bridgehead atoms. The summed E-state index contributed by atoms with van der Waals surface area (Å²) in [5.41, 5.74) is 2.10. The highest BCUT2D eigenvalue weighted by molar-refractivity contribution is 7.14. The van der Waals surface area contributed by atoms with Crippen LogP contribution in [0.3, 0.4) is 0 Å². The number of rotatable bonds is 17. The molecule has 8 rings (SSSR count). The first-order chi connectivity index (χ1) is 26.5. The van der Waals surface area contributed by atoms with Gasteiger partial charge in [0.25, 0.3) is 0 Å². The number of halogens is 4. The van der Waals surface area contributed by atoms with Gasteiger partial charge in [0.1, 0.15) is 21.0 Å². The number of fused-ring (bicyclic) bond motifs is 3. The lowest BCUT2D eigenvalue weighted by atomic mass is 9.73. The van der Waals surface area contributed by atoms with Gasteiger partial charge in [0.15, 0.2) is 11.5 Å². The number of aromatic nitrogens is 1. The van der Waals surface area contributed by atoms with Gasteiger partial charge in [-0.3, -0.25) is 10.5 Å². The summed E-state index contributed by atoms with van der Waals surface area (Å²) in [4.78, 5) is 29.8. The molecule has 4 aliphatic rings. The third kappa shape index (κ3) is 9.52. The Labute approximate surface area is 331 Å². The Kier molecular flexibility index (Phi) is 12.1. The van der Waals surface area contributed by atoms with E-state index < -0.39 is 30.5 Å². The van der Waals surface area contributed by atoms with Crippen molar-refractivity contribution in [3.63, 3.8) is 0 Å². The Hall–Kier alpha value is -4.01. The molecule has 3 N–H and O–H groups in total. The maximum Gasteiger partial charge on any atom is 0.387 e. The number of carboxylic acids is 1. The van der Waals surface area contributed by atoms with Crippen LogP contribution in [-0.2, 0) is 22.5 Å². The van der Waals surface area contributed by atoms with Crippen LogP contribution in [0, 0.1) is 11.3 Å². The van der Waals surface area contributed by atoms with Crippen LogP contribution in [0.4, 0.5) is 8.78 Å². The van der Waals surface area contributed by atoms with Crippen LogP contribution >= 0.6 is 34.5 Å². The molecule has 2 atom stereocenters. The fraction of sp³-hybridized carbons (Fsp3) is 0.425. The first-order valence-corrected chi connectivity index (χ1v) is 19.9. The first-order valence-electron chi connectivity index (χ1n) is 18.3. The second kappa shape index (κ2) is 17.0. The summed E-state index contributed by atoms with van der Waals surface area (Å²) >= 11 is 14.2. The smallest absolute Gasteiger partial charge is 0.387 e. The van der Waals surface area contributed by atoms with Crippen LogP contribution in [-0.4, -0.2) is 66.6 Å². The van der Waals surface area contributed by atoms with Crippen molar-refractivity contribution in [2.24, 2.45) is 11.3 Å². The number of esters is 1. The fourth-order valence-corrected chi connectivity index (χ4v) is 9.08. The monoisotopic (exact) mass is 816 g/mol. The summed E-state index contributed by atoms with van der Waals surface area (Å²) in [6, 6.07) is 14.8. The van der Waals surface area contributed by atoms with E-state index in [0.29, 0.717) is 40.7 Å². The lowest BCUT2D eigenvalue weighted by Gasteiger charge is -2.48. The zero-order valence-corrected chi connectivity index (χ0v) is 32.2. The highest BCUT2D eigenvalue weighted by Crippen LogP contribution is 2.43. The van der Waals surface area contributed by atoms with Gasteiger partial charge in [-0.15, -0.1) is 11.3 Å². The average Bonchev–Trinajstić information content (AvgIpc) is 3.91. The molecule has 3 saturated heterocycles. The van der Waals surface area contributed by atoms with Crippen molar-refractivity contribution >= 4 is 46.5 Å². The standard InChI is InChI=1S/C40H41Cl2F2N3O7S/c41-31-20-47(51)21-32(42)30(31)18-28(26-8-9-33(54-39(43)44)34(16-26)52-22-24-6-7-24)29-17-27(55-36(29)37(48)49)19-45-35(25-4-2-1-3-5-25)38(50)53-23-40-10-13-46(14-11-40)15-12-40/h1-5,8-9,16-17,20-21,24,28,35,39,45H,6-7,10-15,18-19,22-23H2,(H-,48,49,51)/p+1/t28-,35?/m0/s1. The van der Waals surface area contributed by atoms with Crippen LogP contribution < -0.4 is 19.5 Å². The van der Waals surface area contributed by atoms with E-state index in [2.05, 4.69) is 10.2 Å². The van der Waals surface area contributed by atoms with E-state index in [0.717, 1.165) is 73.4 Å². The molecule has 3 aliphatic heterocycles. The molecule has 5 heterocycles. The van der Waals surface area contributed by atoms with E-state index in [1.165, 1.54) is 18.5 Å². The van der Waals surface area contributed by atoms with Gasteiger partial charge in [-0.1, -0.05) is 59.6 Å². The molecule has 0 radical (unpaired) electrons. The molecular weight excluding hydrogens is 775 g/mol. The molecule has 2 aromatic heterocycles. The molecule has 15 heteroatoms. The number of carbonyl (C=O) groups is 2. The van der Waals surface area contributed by atoms with Gasteiger partial charge in [0.05, 0.1) is 13.2 Å². The minimum atomic E-state index is -3.08. The van der Waals surface area contributed by atoms with Crippen molar-refractivity contribution in [3.05, 3.63) is 109 Å². The van der Waals surface area contributed by atoms with Crippen molar-refractivity contribution in [1.82, 2.24) is 10.2 Å². The van der Waals surface area contributed by atoms with Crippen LogP contribution in [0.15, 0.2) is 67.0 Å². The number of alkyl halides is 2. The molecule has 0 spiro atoms.